The Balaban J connectivity index is 2.21. The summed E-state index contributed by atoms with van der Waals surface area (Å²) in [7, 11) is 0. The Morgan fingerprint density at radius 1 is 0.450 bits per heavy atom. The number of rotatable bonds is 3. The molecule has 2 aliphatic carbocycles. The summed E-state index contributed by atoms with van der Waals surface area (Å²) in [5.74, 6) is 0. The van der Waals surface area contributed by atoms with Crippen LogP contribution in [0.15, 0.2) is 0 Å². The number of hydrogen-bond acceptors (Lipinski definition) is 2. The molecule has 2 rings (SSSR count). The molecule has 4 N–H and O–H groups in total. The Morgan fingerprint density at radius 3 is 0.950 bits per heavy atom. The molecule has 0 bridgehead atoms. The molecule has 20 heavy (non-hydrogen) atoms. The van der Waals surface area contributed by atoms with Crippen molar-refractivity contribution in [3.8, 4) is 0 Å². The van der Waals surface area contributed by atoms with Crippen LogP contribution in [0.3, 0.4) is 0 Å². The van der Waals surface area contributed by atoms with Gasteiger partial charge in [0.2, 0.25) is 0 Å². The maximum absolute atomic E-state index is 6.38. The van der Waals surface area contributed by atoms with E-state index in [4.69, 9.17) is 11.5 Å². The average molecular weight is 280 g/mol. The Morgan fingerprint density at radius 2 is 0.700 bits per heavy atom. The summed E-state index contributed by atoms with van der Waals surface area (Å²) in [5, 5.41) is 0. The molecule has 2 fully saturated rings. The quantitative estimate of drug-likeness (QED) is 0.806. The molecule has 2 saturated carbocycles. The van der Waals surface area contributed by atoms with Gasteiger partial charge < -0.3 is 11.5 Å². The zero-order valence-corrected chi connectivity index (χ0v) is 13.5. The molecule has 2 aliphatic rings. The first kappa shape index (κ1) is 16.3. The van der Waals surface area contributed by atoms with Crippen LogP contribution in [-0.2, 0) is 0 Å². The van der Waals surface area contributed by atoms with E-state index in [1.165, 1.54) is 89.9 Å². The largest absolute Gasteiger partial charge is 0.330 e. The lowest BCUT2D eigenvalue weighted by Gasteiger charge is -2.52. The van der Waals surface area contributed by atoms with Gasteiger partial charge in [0.25, 0.3) is 0 Å². The van der Waals surface area contributed by atoms with Gasteiger partial charge in [0.15, 0.2) is 0 Å². The minimum absolute atomic E-state index is 0.347. The smallest absolute Gasteiger partial charge is 0.00147 e. The highest BCUT2D eigenvalue weighted by atomic mass is 14.7. The van der Waals surface area contributed by atoms with Crippen LogP contribution in [-0.4, -0.2) is 13.1 Å². The van der Waals surface area contributed by atoms with E-state index in [1.807, 2.05) is 0 Å². The highest BCUT2D eigenvalue weighted by molar-refractivity contribution is 5.00. The lowest BCUT2D eigenvalue weighted by molar-refractivity contribution is -0.00330. The van der Waals surface area contributed by atoms with E-state index in [2.05, 4.69) is 0 Å². The second-order valence-electron chi connectivity index (χ2n) is 7.50. The Labute approximate surface area is 126 Å². The van der Waals surface area contributed by atoms with Crippen molar-refractivity contribution in [2.45, 2.75) is 89.9 Å². The molecule has 2 nitrogen and oxygen atoms in total. The first-order valence-electron chi connectivity index (χ1n) is 9.19. The summed E-state index contributed by atoms with van der Waals surface area (Å²) in [6, 6.07) is 0. The van der Waals surface area contributed by atoms with E-state index in [-0.39, 0.29) is 0 Å². The van der Waals surface area contributed by atoms with Gasteiger partial charge in [-0.3, -0.25) is 0 Å². The summed E-state index contributed by atoms with van der Waals surface area (Å²) in [4.78, 5) is 0. The molecular formula is C18H36N2. The summed E-state index contributed by atoms with van der Waals surface area (Å²) >= 11 is 0. The zero-order valence-electron chi connectivity index (χ0n) is 13.5. The Hall–Kier alpha value is -0.0800. The second-order valence-corrected chi connectivity index (χ2v) is 7.50. The van der Waals surface area contributed by atoms with Crippen molar-refractivity contribution < 1.29 is 0 Å². The van der Waals surface area contributed by atoms with E-state index in [0.717, 1.165) is 13.1 Å². The van der Waals surface area contributed by atoms with Crippen molar-refractivity contribution >= 4 is 0 Å². The van der Waals surface area contributed by atoms with E-state index in [0.29, 0.717) is 10.8 Å². The van der Waals surface area contributed by atoms with Gasteiger partial charge in [-0.2, -0.15) is 0 Å². The Kier molecular flexibility index (Phi) is 6.35. The predicted molar refractivity (Wildman–Crippen MR) is 87.6 cm³/mol. The van der Waals surface area contributed by atoms with Gasteiger partial charge in [-0.15, -0.1) is 0 Å². The number of hydrogen-bond donors (Lipinski definition) is 2. The van der Waals surface area contributed by atoms with Crippen LogP contribution >= 0.6 is 0 Å². The lowest BCUT2D eigenvalue weighted by atomic mass is 9.54. The van der Waals surface area contributed by atoms with Crippen LogP contribution in [0.2, 0.25) is 0 Å². The molecule has 0 spiro atoms. The third kappa shape index (κ3) is 3.39. The first-order chi connectivity index (χ1) is 9.79. The van der Waals surface area contributed by atoms with Gasteiger partial charge in [0.1, 0.15) is 0 Å². The van der Waals surface area contributed by atoms with Crippen molar-refractivity contribution in [2.75, 3.05) is 13.1 Å². The highest BCUT2D eigenvalue weighted by Crippen LogP contribution is 2.53. The van der Waals surface area contributed by atoms with Gasteiger partial charge in [-0.25, -0.2) is 0 Å². The van der Waals surface area contributed by atoms with Crippen LogP contribution < -0.4 is 11.5 Å². The van der Waals surface area contributed by atoms with E-state index >= 15 is 0 Å². The molecule has 0 saturated heterocycles. The normalized spacial score (nSPS) is 27.9. The van der Waals surface area contributed by atoms with Crippen molar-refractivity contribution in [1.82, 2.24) is 0 Å². The molecule has 2 heteroatoms. The maximum atomic E-state index is 6.38. The average Bonchev–Trinajstić information content (AvgIpc) is 2.40. The van der Waals surface area contributed by atoms with Crippen LogP contribution in [0.5, 0.6) is 0 Å². The number of nitrogens with two attached hydrogens (primary N) is 2. The van der Waals surface area contributed by atoms with E-state index in [1.54, 1.807) is 0 Å². The first-order valence-corrected chi connectivity index (χ1v) is 9.19. The highest BCUT2D eigenvalue weighted by Gasteiger charge is 2.48. The second kappa shape index (κ2) is 7.79. The van der Waals surface area contributed by atoms with Crippen LogP contribution in [0.1, 0.15) is 89.9 Å². The minimum Gasteiger partial charge on any atom is -0.330 e. The summed E-state index contributed by atoms with van der Waals surface area (Å²) in [6.07, 6.45) is 19.3. The fourth-order valence-corrected chi connectivity index (χ4v) is 5.07. The maximum Gasteiger partial charge on any atom is -0.00147 e. The summed E-state index contributed by atoms with van der Waals surface area (Å²) in [6.45, 7) is 1.73. The van der Waals surface area contributed by atoms with Crippen molar-refractivity contribution in [1.29, 1.82) is 0 Å². The zero-order chi connectivity index (χ0) is 14.3. The van der Waals surface area contributed by atoms with Crippen molar-refractivity contribution in [3.63, 3.8) is 0 Å². The molecule has 0 unspecified atom stereocenters. The van der Waals surface area contributed by atoms with Crippen LogP contribution in [0.25, 0.3) is 0 Å². The summed E-state index contributed by atoms with van der Waals surface area (Å²) < 4.78 is 0. The molecule has 0 radical (unpaired) electrons. The van der Waals surface area contributed by atoms with Crippen LogP contribution in [0, 0.1) is 10.8 Å². The third-order valence-electron chi connectivity index (χ3n) is 6.53. The van der Waals surface area contributed by atoms with E-state index < -0.39 is 0 Å². The molecule has 0 aromatic heterocycles. The molecule has 0 aromatic carbocycles. The molecular weight excluding hydrogens is 244 g/mol. The van der Waals surface area contributed by atoms with Gasteiger partial charge in [-0.05, 0) is 49.6 Å². The SMILES string of the molecule is NCC1(C2(CN)CCCCCCC2)CCCCCCC1. The van der Waals surface area contributed by atoms with Gasteiger partial charge in [0.05, 0.1) is 0 Å². The molecule has 118 valence electrons. The minimum atomic E-state index is 0.347. The van der Waals surface area contributed by atoms with E-state index in [9.17, 15) is 0 Å². The summed E-state index contributed by atoms with van der Waals surface area (Å²) in [5.41, 5.74) is 13.5. The Bertz CT molecular complexity index is 231. The topological polar surface area (TPSA) is 52.0 Å². The predicted octanol–water partition coefficient (Wildman–Crippen LogP) is 4.37. The lowest BCUT2D eigenvalue weighted by Crippen LogP contribution is -2.52. The van der Waals surface area contributed by atoms with Gasteiger partial charge >= 0.3 is 0 Å². The molecule has 0 heterocycles. The standard InChI is InChI=1S/C18H36N2/c19-15-17(11-7-3-1-4-8-12-17)18(16-20)13-9-5-2-6-10-14-18/h1-16,19-20H2. The van der Waals surface area contributed by atoms with Crippen LogP contribution in [0.4, 0.5) is 0 Å². The molecule has 0 atom stereocenters. The molecule has 0 amide bonds. The fraction of sp³-hybridized carbons (Fsp3) is 1.00. The van der Waals surface area contributed by atoms with Crippen molar-refractivity contribution in [3.05, 3.63) is 0 Å². The molecule has 0 aliphatic heterocycles. The monoisotopic (exact) mass is 280 g/mol. The third-order valence-corrected chi connectivity index (χ3v) is 6.53. The van der Waals surface area contributed by atoms with Gasteiger partial charge in [-0.1, -0.05) is 64.2 Å². The fourth-order valence-electron chi connectivity index (χ4n) is 5.07. The van der Waals surface area contributed by atoms with Gasteiger partial charge in [0, 0.05) is 0 Å². The molecule has 0 aromatic rings. The van der Waals surface area contributed by atoms with Crippen molar-refractivity contribution in [2.24, 2.45) is 22.3 Å².